The van der Waals surface area contributed by atoms with Crippen molar-refractivity contribution in [2.24, 2.45) is 0 Å². The second-order valence-corrected chi connectivity index (χ2v) is 5.24. The SMILES string of the molecule is O=C(ON1C(=O)c2ccccc2C1=O)c1ccc(-c2ncn[nH]2)cc1. The number of imide groups is 1. The number of hydroxylamine groups is 2. The smallest absolute Gasteiger partial charge is 0.324 e. The van der Waals surface area contributed by atoms with Crippen LogP contribution in [0.2, 0.25) is 0 Å². The van der Waals surface area contributed by atoms with Crippen molar-refractivity contribution in [3.63, 3.8) is 0 Å². The summed E-state index contributed by atoms with van der Waals surface area (Å²) in [5, 5.41) is 6.94. The van der Waals surface area contributed by atoms with Crippen LogP contribution in [0.5, 0.6) is 0 Å². The van der Waals surface area contributed by atoms with E-state index >= 15 is 0 Å². The molecule has 1 N–H and O–H groups in total. The minimum absolute atomic E-state index is 0.194. The van der Waals surface area contributed by atoms with Gasteiger partial charge in [-0.3, -0.25) is 14.7 Å². The number of carbonyl (C=O) groups excluding carboxylic acids is 3. The number of fused-ring (bicyclic) bond motifs is 1. The molecule has 122 valence electrons. The lowest BCUT2D eigenvalue weighted by Gasteiger charge is -2.12. The van der Waals surface area contributed by atoms with Crippen molar-refractivity contribution in [3.8, 4) is 11.4 Å². The number of nitrogens with zero attached hydrogens (tertiary/aromatic N) is 3. The molecule has 0 bridgehead atoms. The number of hydrogen-bond acceptors (Lipinski definition) is 6. The van der Waals surface area contributed by atoms with Crippen LogP contribution in [0.25, 0.3) is 11.4 Å². The zero-order valence-corrected chi connectivity index (χ0v) is 12.7. The third-order valence-corrected chi connectivity index (χ3v) is 3.74. The van der Waals surface area contributed by atoms with Gasteiger partial charge in [-0.2, -0.15) is 5.10 Å². The zero-order valence-electron chi connectivity index (χ0n) is 12.7. The maximum Gasteiger partial charge on any atom is 0.363 e. The molecule has 8 heteroatoms. The van der Waals surface area contributed by atoms with Crippen LogP contribution in [-0.2, 0) is 4.84 Å². The van der Waals surface area contributed by atoms with Crippen LogP contribution in [0.15, 0.2) is 54.9 Å². The molecular formula is C17H10N4O4. The number of benzene rings is 2. The van der Waals surface area contributed by atoms with Crippen LogP contribution < -0.4 is 0 Å². The summed E-state index contributed by atoms with van der Waals surface area (Å²) in [6, 6.07) is 12.6. The maximum absolute atomic E-state index is 12.2. The first kappa shape index (κ1) is 14.8. The predicted octanol–water partition coefficient (Wildman–Crippen LogP) is 1.84. The van der Waals surface area contributed by atoms with Gasteiger partial charge in [0.25, 0.3) is 11.8 Å². The summed E-state index contributed by atoms with van der Waals surface area (Å²) in [5.41, 5.74) is 1.34. The van der Waals surface area contributed by atoms with Gasteiger partial charge in [0.15, 0.2) is 5.82 Å². The standard InChI is InChI=1S/C17H10N4O4/c22-15-12-3-1-2-4-13(12)16(23)21(15)25-17(24)11-7-5-10(6-8-11)14-18-9-19-20-14/h1-9H,(H,18,19,20). The Kier molecular flexibility index (Phi) is 3.35. The van der Waals surface area contributed by atoms with Gasteiger partial charge in [0.2, 0.25) is 0 Å². The van der Waals surface area contributed by atoms with E-state index in [-0.39, 0.29) is 16.7 Å². The highest BCUT2D eigenvalue weighted by molar-refractivity contribution is 6.21. The van der Waals surface area contributed by atoms with Crippen LogP contribution in [-0.4, -0.2) is 38.0 Å². The third kappa shape index (κ3) is 2.45. The normalized spacial score (nSPS) is 13.0. The van der Waals surface area contributed by atoms with Crippen molar-refractivity contribution in [1.82, 2.24) is 20.2 Å². The lowest BCUT2D eigenvalue weighted by molar-refractivity contribution is -0.0584. The van der Waals surface area contributed by atoms with Gasteiger partial charge < -0.3 is 4.84 Å². The van der Waals surface area contributed by atoms with Crippen LogP contribution in [0.3, 0.4) is 0 Å². The molecule has 0 unspecified atom stereocenters. The van der Waals surface area contributed by atoms with E-state index in [1.807, 2.05) is 0 Å². The Labute approximate surface area is 141 Å². The third-order valence-electron chi connectivity index (χ3n) is 3.74. The molecule has 0 fully saturated rings. The second kappa shape index (κ2) is 5.68. The quantitative estimate of drug-likeness (QED) is 0.733. The molecule has 1 aliphatic heterocycles. The molecule has 2 amide bonds. The Morgan fingerprint density at radius 3 is 2.16 bits per heavy atom. The van der Waals surface area contributed by atoms with E-state index < -0.39 is 17.8 Å². The number of aromatic amines is 1. The average Bonchev–Trinajstić information content (AvgIpc) is 3.26. The van der Waals surface area contributed by atoms with Gasteiger partial charge in [-0.15, -0.1) is 0 Å². The first-order valence-corrected chi connectivity index (χ1v) is 7.31. The molecule has 4 rings (SSSR count). The summed E-state index contributed by atoms with van der Waals surface area (Å²) in [4.78, 5) is 45.6. The van der Waals surface area contributed by atoms with Gasteiger partial charge in [0.05, 0.1) is 16.7 Å². The van der Waals surface area contributed by atoms with E-state index in [1.54, 1.807) is 24.3 Å². The zero-order chi connectivity index (χ0) is 17.4. The summed E-state index contributed by atoms with van der Waals surface area (Å²) >= 11 is 0. The van der Waals surface area contributed by atoms with E-state index in [2.05, 4.69) is 15.2 Å². The van der Waals surface area contributed by atoms with E-state index in [4.69, 9.17) is 4.84 Å². The van der Waals surface area contributed by atoms with Crippen molar-refractivity contribution in [3.05, 3.63) is 71.5 Å². The summed E-state index contributed by atoms with van der Waals surface area (Å²) in [6.45, 7) is 0. The van der Waals surface area contributed by atoms with Gasteiger partial charge in [0, 0.05) is 5.56 Å². The largest absolute Gasteiger partial charge is 0.363 e. The lowest BCUT2D eigenvalue weighted by Crippen LogP contribution is -2.32. The molecule has 25 heavy (non-hydrogen) atoms. The number of rotatable bonds is 3. The summed E-state index contributed by atoms with van der Waals surface area (Å²) < 4.78 is 0. The summed E-state index contributed by atoms with van der Waals surface area (Å²) in [5.74, 6) is -1.57. The highest BCUT2D eigenvalue weighted by atomic mass is 16.7. The first-order chi connectivity index (χ1) is 12.1. The molecule has 2 heterocycles. The lowest BCUT2D eigenvalue weighted by atomic mass is 10.1. The molecule has 1 aromatic heterocycles. The van der Waals surface area contributed by atoms with Gasteiger partial charge >= 0.3 is 5.97 Å². The molecule has 2 aromatic carbocycles. The summed E-state index contributed by atoms with van der Waals surface area (Å²) in [7, 11) is 0. The van der Waals surface area contributed by atoms with Crippen molar-refractivity contribution >= 4 is 17.8 Å². The topological polar surface area (TPSA) is 105 Å². The molecule has 0 aliphatic carbocycles. The number of carbonyl (C=O) groups is 3. The Hall–Kier alpha value is -3.81. The minimum Gasteiger partial charge on any atom is -0.324 e. The fourth-order valence-electron chi connectivity index (χ4n) is 2.49. The fraction of sp³-hybridized carbons (Fsp3) is 0. The van der Waals surface area contributed by atoms with Crippen LogP contribution >= 0.6 is 0 Å². The van der Waals surface area contributed by atoms with E-state index in [9.17, 15) is 14.4 Å². The molecular weight excluding hydrogens is 324 g/mol. The van der Waals surface area contributed by atoms with Gasteiger partial charge in [-0.1, -0.05) is 29.3 Å². The molecule has 0 atom stereocenters. The van der Waals surface area contributed by atoms with Crippen molar-refractivity contribution in [2.75, 3.05) is 0 Å². The molecule has 0 spiro atoms. The van der Waals surface area contributed by atoms with Crippen LogP contribution in [0.4, 0.5) is 0 Å². The number of H-pyrrole nitrogens is 1. The molecule has 0 saturated carbocycles. The maximum atomic E-state index is 12.2. The van der Waals surface area contributed by atoms with Crippen molar-refractivity contribution < 1.29 is 19.2 Å². The molecule has 3 aromatic rings. The first-order valence-electron chi connectivity index (χ1n) is 7.31. The highest BCUT2D eigenvalue weighted by Crippen LogP contribution is 2.23. The molecule has 0 saturated heterocycles. The monoisotopic (exact) mass is 334 g/mol. The van der Waals surface area contributed by atoms with Crippen molar-refractivity contribution in [2.45, 2.75) is 0 Å². The fourth-order valence-corrected chi connectivity index (χ4v) is 2.49. The van der Waals surface area contributed by atoms with Crippen LogP contribution in [0.1, 0.15) is 31.1 Å². The van der Waals surface area contributed by atoms with E-state index in [1.165, 1.54) is 30.6 Å². The van der Waals surface area contributed by atoms with Gasteiger partial charge in [-0.25, -0.2) is 9.78 Å². The highest BCUT2D eigenvalue weighted by Gasteiger charge is 2.38. The average molecular weight is 334 g/mol. The van der Waals surface area contributed by atoms with E-state index in [0.29, 0.717) is 10.9 Å². The Bertz CT molecular complexity index is 945. The Balaban J connectivity index is 1.53. The molecule has 1 aliphatic rings. The molecule has 8 nitrogen and oxygen atoms in total. The summed E-state index contributed by atoms with van der Waals surface area (Å²) in [6.07, 6.45) is 1.37. The molecule has 0 radical (unpaired) electrons. The van der Waals surface area contributed by atoms with Gasteiger partial charge in [0.1, 0.15) is 6.33 Å². The number of aromatic nitrogens is 3. The van der Waals surface area contributed by atoms with Crippen LogP contribution in [0, 0.1) is 0 Å². The second-order valence-electron chi connectivity index (χ2n) is 5.24. The minimum atomic E-state index is -0.807. The number of amides is 2. The van der Waals surface area contributed by atoms with E-state index in [0.717, 1.165) is 5.56 Å². The number of nitrogens with one attached hydrogen (secondary N) is 1. The Morgan fingerprint density at radius 2 is 1.60 bits per heavy atom. The van der Waals surface area contributed by atoms with Crippen molar-refractivity contribution in [1.29, 1.82) is 0 Å². The predicted molar refractivity (Wildman–Crippen MR) is 84.2 cm³/mol. The Morgan fingerprint density at radius 1 is 0.960 bits per heavy atom. The number of hydrogen-bond donors (Lipinski definition) is 1. The van der Waals surface area contributed by atoms with Gasteiger partial charge in [-0.05, 0) is 24.3 Å².